The van der Waals surface area contributed by atoms with Gasteiger partial charge in [0, 0.05) is 5.56 Å². The highest BCUT2D eigenvalue weighted by Gasteiger charge is 2.15. The fourth-order valence-electron chi connectivity index (χ4n) is 2.19. The molecule has 0 amide bonds. The van der Waals surface area contributed by atoms with Gasteiger partial charge in [0.25, 0.3) is 0 Å². The molecule has 0 bridgehead atoms. The van der Waals surface area contributed by atoms with E-state index in [-0.39, 0.29) is 0 Å². The van der Waals surface area contributed by atoms with Crippen LogP contribution in [0.1, 0.15) is 28.4 Å². The number of methoxy groups -OCH3 is 3. The van der Waals surface area contributed by atoms with Crippen molar-refractivity contribution in [2.45, 2.75) is 13.8 Å². The van der Waals surface area contributed by atoms with Crippen molar-refractivity contribution < 1.29 is 23.8 Å². The van der Waals surface area contributed by atoms with Crippen LogP contribution in [0.3, 0.4) is 0 Å². The van der Waals surface area contributed by atoms with Gasteiger partial charge in [-0.05, 0) is 38.1 Å². The quantitative estimate of drug-likeness (QED) is 0.455. The third kappa shape index (κ3) is 4.29. The molecule has 0 aromatic heterocycles. The Labute approximate surface area is 147 Å². The molecule has 132 valence electrons. The minimum Gasteiger partial charge on any atom is -0.493 e. The van der Waals surface area contributed by atoms with E-state index in [0.717, 1.165) is 5.56 Å². The van der Waals surface area contributed by atoms with E-state index in [1.165, 1.54) is 21.3 Å². The van der Waals surface area contributed by atoms with Crippen molar-refractivity contribution in [3.05, 3.63) is 53.1 Å². The molecule has 2 aromatic carbocycles. The molecule has 2 rings (SSSR count). The lowest BCUT2D eigenvalue weighted by Gasteiger charge is -2.13. The number of carbonyl (C=O) groups excluding carboxylic acids is 1. The van der Waals surface area contributed by atoms with Crippen LogP contribution in [0.5, 0.6) is 17.2 Å². The molecular formula is C19H21NO5. The van der Waals surface area contributed by atoms with Crippen molar-refractivity contribution in [2.75, 3.05) is 21.3 Å². The molecule has 25 heavy (non-hydrogen) atoms. The maximum absolute atomic E-state index is 12.0. The molecule has 2 aromatic rings. The number of ether oxygens (including phenoxy) is 3. The highest BCUT2D eigenvalue weighted by atomic mass is 16.7. The molecule has 0 radical (unpaired) electrons. The van der Waals surface area contributed by atoms with Crippen LogP contribution in [-0.2, 0) is 4.84 Å². The van der Waals surface area contributed by atoms with Gasteiger partial charge in [-0.25, -0.2) is 4.79 Å². The molecule has 0 aliphatic rings. The predicted octanol–water partition coefficient (Wildman–Crippen LogP) is 3.60. The van der Waals surface area contributed by atoms with Crippen LogP contribution in [0.25, 0.3) is 0 Å². The molecule has 6 nitrogen and oxygen atoms in total. The number of benzene rings is 2. The summed E-state index contributed by atoms with van der Waals surface area (Å²) in [6.07, 6.45) is 0. The maximum atomic E-state index is 12.0. The van der Waals surface area contributed by atoms with Gasteiger partial charge in [-0.3, -0.25) is 0 Å². The van der Waals surface area contributed by atoms with Gasteiger partial charge in [-0.1, -0.05) is 22.9 Å². The van der Waals surface area contributed by atoms with Crippen LogP contribution in [-0.4, -0.2) is 33.0 Å². The highest BCUT2D eigenvalue weighted by molar-refractivity contribution is 6.00. The van der Waals surface area contributed by atoms with E-state index in [2.05, 4.69) is 5.16 Å². The van der Waals surface area contributed by atoms with Crippen LogP contribution in [0.2, 0.25) is 0 Å². The molecule has 0 atom stereocenters. The molecule has 6 heteroatoms. The molecule has 0 fully saturated rings. The Balaban J connectivity index is 2.24. The highest BCUT2D eigenvalue weighted by Crippen LogP contribution is 2.38. The smallest absolute Gasteiger partial charge is 0.365 e. The summed E-state index contributed by atoms with van der Waals surface area (Å²) in [6, 6.07) is 10.5. The topological polar surface area (TPSA) is 66.4 Å². The van der Waals surface area contributed by atoms with Crippen molar-refractivity contribution in [1.29, 1.82) is 0 Å². The summed E-state index contributed by atoms with van der Waals surface area (Å²) in [5.41, 5.74) is 2.69. The lowest BCUT2D eigenvalue weighted by atomic mass is 10.1. The summed E-state index contributed by atoms with van der Waals surface area (Å²) in [5.74, 6) is 0.956. The molecule has 0 saturated heterocycles. The Hall–Kier alpha value is -3.02. The zero-order valence-electron chi connectivity index (χ0n) is 15.0. The minimum atomic E-state index is -0.521. The van der Waals surface area contributed by atoms with Gasteiger partial charge in [-0.2, -0.15) is 0 Å². The van der Waals surface area contributed by atoms with Crippen LogP contribution in [0, 0.1) is 6.92 Å². The standard InChI is InChI=1S/C19H21NO5/c1-12-6-8-14(9-7-12)19(21)25-20-13(2)15-10-16(22-3)18(24-5)17(11-15)23-4/h6-11H,1-5H3/b20-13-. The molecule has 0 N–H and O–H groups in total. The monoisotopic (exact) mass is 343 g/mol. The number of hydrogen-bond donors (Lipinski definition) is 0. The Morgan fingerprint density at radius 1 is 0.880 bits per heavy atom. The van der Waals surface area contributed by atoms with Crippen molar-refractivity contribution in [3.63, 3.8) is 0 Å². The third-order valence-corrected chi connectivity index (χ3v) is 3.64. The Bertz CT molecular complexity index is 756. The average molecular weight is 343 g/mol. The Morgan fingerprint density at radius 2 is 1.44 bits per heavy atom. The first-order chi connectivity index (χ1) is 12.0. The molecule has 0 spiro atoms. The SMILES string of the molecule is COc1cc(/C(C)=N\OC(=O)c2ccc(C)cc2)cc(OC)c1OC. The van der Waals surface area contributed by atoms with Crippen molar-refractivity contribution in [3.8, 4) is 17.2 Å². The van der Waals surface area contributed by atoms with E-state index in [4.69, 9.17) is 19.0 Å². The third-order valence-electron chi connectivity index (χ3n) is 3.64. The van der Waals surface area contributed by atoms with E-state index in [1.54, 1.807) is 31.2 Å². The number of oxime groups is 1. The average Bonchev–Trinajstić information content (AvgIpc) is 2.64. The second kappa shape index (κ2) is 8.19. The lowest BCUT2D eigenvalue weighted by molar-refractivity contribution is 0.0516. The zero-order valence-corrected chi connectivity index (χ0v) is 15.0. The molecule has 0 unspecified atom stereocenters. The number of aryl methyl sites for hydroxylation is 1. The van der Waals surface area contributed by atoms with Crippen LogP contribution in [0.15, 0.2) is 41.6 Å². The van der Waals surface area contributed by atoms with Crippen LogP contribution in [0.4, 0.5) is 0 Å². The summed E-state index contributed by atoms with van der Waals surface area (Å²) in [5, 5.41) is 3.91. The molecule has 0 saturated carbocycles. The largest absolute Gasteiger partial charge is 0.493 e. The molecule has 0 aliphatic heterocycles. The van der Waals surface area contributed by atoms with Gasteiger partial charge in [0.1, 0.15) is 0 Å². The van der Waals surface area contributed by atoms with Gasteiger partial charge in [-0.15, -0.1) is 0 Å². The predicted molar refractivity (Wildman–Crippen MR) is 94.9 cm³/mol. The van der Waals surface area contributed by atoms with Gasteiger partial charge >= 0.3 is 5.97 Å². The summed E-state index contributed by atoms with van der Waals surface area (Å²) >= 11 is 0. The number of rotatable bonds is 6. The lowest BCUT2D eigenvalue weighted by Crippen LogP contribution is -2.05. The minimum absolute atomic E-state index is 0.437. The van der Waals surface area contributed by atoms with E-state index in [9.17, 15) is 4.79 Å². The first-order valence-electron chi connectivity index (χ1n) is 7.63. The molecule has 0 aliphatic carbocycles. The van der Waals surface area contributed by atoms with E-state index >= 15 is 0 Å². The summed E-state index contributed by atoms with van der Waals surface area (Å²) in [4.78, 5) is 17.1. The summed E-state index contributed by atoms with van der Waals surface area (Å²) in [7, 11) is 4.60. The summed E-state index contributed by atoms with van der Waals surface area (Å²) in [6.45, 7) is 3.67. The number of hydrogen-bond acceptors (Lipinski definition) is 6. The van der Waals surface area contributed by atoms with Gasteiger partial charge in [0.05, 0.1) is 32.6 Å². The first-order valence-corrected chi connectivity index (χ1v) is 7.63. The number of carbonyl (C=O) groups is 1. The fraction of sp³-hybridized carbons (Fsp3) is 0.263. The van der Waals surface area contributed by atoms with Gasteiger partial charge < -0.3 is 19.0 Å². The van der Waals surface area contributed by atoms with Crippen LogP contribution >= 0.6 is 0 Å². The van der Waals surface area contributed by atoms with Gasteiger partial charge in [0.2, 0.25) is 5.75 Å². The Morgan fingerprint density at radius 3 is 1.92 bits per heavy atom. The van der Waals surface area contributed by atoms with Crippen LogP contribution < -0.4 is 14.2 Å². The second-order valence-electron chi connectivity index (χ2n) is 5.34. The second-order valence-corrected chi connectivity index (χ2v) is 5.34. The first kappa shape index (κ1) is 18.3. The normalized spacial score (nSPS) is 11.0. The maximum Gasteiger partial charge on any atom is 0.365 e. The molecule has 0 heterocycles. The molecular weight excluding hydrogens is 322 g/mol. The Kier molecular flexibility index (Phi) is 6.00. The van der Waals surface area contributed by atoms with Gasteiger partial charge in [0.15, 0.2) is 11.5 Å². The van der Waals surface area contributed by atoms with E-state index in [1.807, 2.05) is 19.1 Å². The van der Waals surface area contributed by atoms with E-state index < -0.39 is 5.97 Å². The summed E-state index contributed by atoms with van der Waals surface area (Å²) < 4.78 is 15.9. The zero-order chi connectivity index (χ0) is 18.4. The fourth-order valence-corrected chi connectivity index (χ4v) is 2.19. The van der Waals surface area contributed by atoms with E-state index in [0.29, 0.717) is 34.1 Å². The van der Waals surface area contributed by atoms with Crippen molar-refractivity contribution in [2.24, 2.45) is 5.16 Å². The van der Waals surface area contributed by atoms with Crippen molar-refractivity contribution in [1.82, 2.24) is 0 Å². The van der Waals surface area contributed by atoms with Crippen molar-refractivity contribution >= 4 is 11.7 Å². The number of nitrogens with zero attached hydrogens (tertiary/aromatic N) is 1.